The van der Waals surface area contributed by atoms with E-state index in [9.17, 15) is 4.79 Å². The number of carbonyl (C=O) groups excluding carboxylic acids is 1. The zero-order valence-corrected chi connectivity index (χ0v) is 16.2. The Bertz CT molecular complexity index is 545. The Kier molecular flexibility index (Phi) is 8.93. The maximum absolute atomic E-state index is 12.9. The van der Waals surface area contributed by atoms with E-state index in [2.05, 4.69) is 16.8 Å². The highest BCUT2D eigenvalue weighted by atomic mass is 35.5. The maximum atomic E-state index is 12.9. The number of likely N-dealkylation sites (tertiary alicyclic amines) is 1. The van der Waals surface area contributed by atoms with Crippen molar-refractivity contribution in [2.24, 2.45) is 11.7 Å². The molecule has 0 aliphatic carbocycles. The molecule has 0 saturated carbocycles. The molecule has 2 aliphatic rings. The number of rotatable bonds is 3. The molecule has 1 atom stereocenters. The smallest absolute Gasteiger partial charge is 0.257 e. The first kappa shape index (κ1) is 22.0. The molecule has 2 saturated heterocycles. The number of piperidine rings is 1. The summed E-state index contributed by atoms with van der Waals surface area (Å²) >= 11 is 0. The number of carbonyl (C=O) groups is 1. The molecule has 0 radical (unpaired) electrons. The second kappa shape index (κ2) is 10.2. The number of ether oxygens (including phenoxy) is 1. The first-order chi connectivity index (χ1) is 11.2. The van der Waals surface area contributed by atoms with Crippen LogP contribution in [0.4, 0.5) is 5.82 Å². The van der Waals surface area contributed by atoms with E-state index < -0.39 is 0 Å². The number of hydrogen-bond donors (Lipinski definition) is 1. The number of halogens is 2. The lowest BCUT2D eigenvalue weighted by molar-refractivity contribution is 0.0680. The highest BCUT2D eigenvalue weighted by Gasteiger charge is 2.28. The third-order valence-electron chi connectivity index (χ3n) is 4.90. The van der Waals surface area contributed by atoms with Crippen molar-refractivity contribution in [1.82, 2.24) is 9.88 Å². The Morgan fingerprint density at radius 3 is 2.48 bits per heavy atom. The molecule has 2 fully saturated rings. The highest BCUT2D eigenvalue weighted by molar-refractivity contribution is 5.99. The van der Waals surface area contributed by atoms with Gasteiger partial charge in [0, 0.05) is 38.4 Å². The van der Waals surface area contributed by atoms with Gasteiger partial charge >= 0.3 is 0 Å². The molecule has 0 aromatic carbocycles. The summed E-state index contributed by atoms with van der Waals surface area (Å²) in [6.45, 7) is 6.55. The van der Waals surface area contributed by atoms with Gasteiger partial charge < -0.3 is 20.3 Å². The normalized spacial score (nSPS) is 19.6. The standard InChI is InChI=1S/C17H26N4O2.2ClH/c1-13(18)14-4-7-21(8-5-14)17(22)15-3-2-6-19-16(15)20-9-11-23-12-10-20;;/h2-3,6,13-14H,4-5,7-12,18H2,1H3;2*1H. The highest BCUT2D eigenvalue weighted by Crippen LogP contribution is 2.24. The number of anilines is 1. The zero-order valence-electron chi connectivity index (χ0n) is 14.6. The number of morpholine rings is 1. The number of nitrogens with zero attached hydrogens (tertiary/aromatic N) is 3. The summed E-state index contributed by atoms with van der Waals surface area (Å²) in [6.07, 6.45) is 3.72. The van der Waals surface area contributed by atoms with Crippen LogP contribution in [0.25, 0.3) is 0 Å². The molecule has 25 heavy (non-hydrogen) atoms. The number of aromatic nitrogens is 1. The van der Waals surface area contributed by atoms with Crippen molar-refractivity contribution < 1.29 is 9.53 Å². The molecule has 1 aromatic heterocycles. The predicted molar refractivity (Wildman–Crippen MR) is 104 cm³/mol. The van der Waals surface area contributed by atoms with E-state index >= 15 is 0 Å². The minimum Gasteiger partial charge on any atom is -0.378 e. The summed E-state index contributed by atoms with van der Waals surface area (Å²) in [4.78, 5) is 21.5. The average molecular weight is 391 g/mol. The van der Waals surface area contributed by atoms with E-state index in [1.54, 1.807) is 6.20 Å². The number of pyridine rings is 1. The summed E-state index contributed by atoms with van der Waals surface area (Å²) in [5.74, 6) is 1.39. The largest absolute Gasteiger partial charge is 0.378 e. The van der Waals surface area contributed by atoms with Crippen molar-refractivity contribution >= 4 is 36.5 Å². The van der Waals surface area contributed by atoms with E-state index in [1.165, 1.54) is 0 Å². The van der Waals surface area contributed by atoms with Crippen LogP contribution in [0.1, 0.15) is 30.1 Å². The minimum absolute atomic E-state index is 0. The topological polar surface area (TPSA) is 71.7 Å². The van der Waals surface area contributed by atoms with Crippen LogP contribution in [0.15, 0.2) is 18.3 Å². The molecule has 6 nitrogen and oxygen atoms in total. The van der Waals surface area contributed by atoms with Gasteiger partial charge in [0.05, 0.1) is 18.8 Å². The Morgan fingerprint density at radius 1 is 1.24 bits per heavy atom. The number of nitrogens with two attached hydrogens (primary N) is 1. The van der Waals surface area contributed by atoms with Crippen LogP contribution < -0.4 is 10.6 Å². The van der Waals surface area contributed by atoms with Crippen molar-refractivity contribution in [3.63, 3.8) is 0 Å². The molecule has 2 N–H and O–H groups in total. The van der Waals surface area contributed by atoms with Gasteiger partial charge in [-0.2, -0.15) is 0 Å². The third-order valence-corrected chi connectivity index (χ3v) is 4.90. The van der Waals surface area contributed by atoms with E-state index in [4.69, 9.17) is 10.5 Å². The monoisotopic (exact) mass is 390 g/mol. The summed E-state index contributed by atoms with van der Waals surface area (Å²) in [6, 6.07) is 3.93. The van der Waals surface area contributed by atoms with Crippen molar-refractivity contribution in [2.45, 2.75) is 25.8 Å². The molecular formula is C17H28Cl2N4O2. The molecular weight excluding hydrogens is 363 g/mol. The van der Waals surface area contributed by atoms with Gasteiger partial charge in [0.25, 0.3) is 5.91 Å². The van der Waals surface area contributed by atoms with Gasteiger partial charge in [0.2, 0.25) is 0 Å². The Balaban J connectivity index is 0.00000156. The first-order valence-corrected chi connectivity index (χ1v) is 8.49. The van der Waals surface area contributed by atoms with Crippen LogP contribution in [0.5, 0.6) is 0 Å². The third kappa shape index (κ3) is 5.20. The Labute approximate surface area is 161 Å². The molecule has 0 spiro atoms. The molecule has 8 heteroatoms. The fraction of sp³-hybridized carbons (Fsp3) is 0.647. The van der Waals surface area contributed by atoms with Crippen molar-refractivity contribution in [3.05, 3.63) is 23.9 Å². The minimum atomic E-state index is 0. The van der Waals surface area contributed by atoms with Crippen LogP contribution in [-0.4, -0.2) is 61.2 Å². The summed E-state index contributed by atoms with van der Waals surface area (Å²) < 4.78 is 5.40. The summed E-state index contributed by atoms with van der Waals surface area (Å²) in [7, 11) is 0. The Hall–Kier alpha value is -1.08. The lowest BCUT2D eigenvalue weighted by Crippen LogP contribution is -2.43. The SMILES string of the molecule is CC(N)C1CCN(C(=O)c2cccnc2N2CCOCC2)CC1.Cl.Cl. The quantitative estimate of drug-likeness (QED) is 0.853. The van der Waals surface area contributed by atoms with Crippen LogP contribution in [0.3, 0.4) is 0 Å². The van der Waals surface area contributed by atoms with Crippen molar-refractivity contribution in [3.8, 4) is 0 Å². The van der Waals surface area contributed by atoms with Gasteiger partial charge in [-0.1, -0.05) is 0 Å². The molecule has 3 heterocycles. The van der Waals surface area contributed by atoms with Crippen LogP contribution in [-0.2, 0) is 4.74 Å². The van der Waals surface area contributed by atoms with Gasteiger partial charge in [0.1, 0.15) is 5.82 Å². The summed E-state index contributed by atoms with van der Waals surface area (Å²) in [5.41, 5.74) is 6.69. The lowest BCUT2D eigenvalue weighted by Gasteiger charge is -2.35. The van der Waals surface area contributed by atoms with Crippen molar-refractivity contribution in [1.29, 1.82) is 0 Å². The lowest BCUT2D eigenvalue weighted by atomic mass is 9.90. The summed E-state index contributed by atoms with van der Waals surface area (Å²) in [5, 5.41) is 0. The molecule has 0 bridgehead atoms. The second-order valence-corrected chi connectivity index (χ2v) is 6.46. The van der Waals surface area contributed by atoms with E-state index in [0.717, 1.165) is 44.8 Å². The number of amides is 1. The molecule has 2 aliphatic heterocycles. The van der Waals surface area contributed by atoms with Gasteiger partial charge in [-0.25, -0.2) is 4.98 Å². The fourth-order valence-electron chi connectivity index (χ4n) is 3.39. The van der Waals surface area contributed by atoms with Crippen LogP contribution >= 0.6 is 24.8 Å². The number of hydrogen-bond acceptors (Lipinski definition) is 5. The van der Waals surface area contributed by atoms with Crippen LogP contribution in [0.2, 0.25) is 0 Å². The zero-order chi connectivity index (χ0) is 16.2. The van der Waals surface area contributed by atoms with Gasteiger partial charge in [-0.15, -0.1) is 24.8 Å². The Morgan fingerprint density at radius 2 is 1.88 bits per heavy atom. The maximum Gasteiger partial charge on any atom is 0.257 e. The molecule has 142 valence electrons. The molecule has 1 amide bonds. The van der Waals surface area contributed by atoms with Crippen molar-refractivity contribution in [2.75, 3.05) is 44.3 Å². The predicted octanol–water partition coefficient (Wildman–Crippen LogP) is 1.96. The van der Waals surface area contributed by atoms with Gasteiger partial charge in [0.15, 0.2) is 0 Å². The average Bonchev–Trinajstić information content (AvgIpc) is 2.62. The fourth-order valence-corrected chi connectivity index (χ4v) is 3.39. The molecule has 1 aromatic rings. The van der Waals surface area contributed by atoms with Gasteiger partial charge in [-0.05, 0) is 37.8 Å². The van der Waals surface area contributed by atoms with Crippen LogP contribution in [0, 0.1) is 5.92 Å². The van der Waals surface area contributed by atoms with E-state index in [0.29, 0.717) is 24.7 Å². The molecule has 1 unspecified atom stereocenters. The van der Waals surface area contributed by atoms with E-state index in [1.807, 2.05) is 17.0 Å². The molecule has 3 rings (SSSR count). The van der Waals surface area contributed by atoms with Gasteiger partial charge in [-0.3, -0.25) is 4.79 Å². The second-order valence-electron chi connectivity index (χ2n) is 6.46. The van der Waals surface area contributed by atoms with E-state index in [-0.39, 0.29) is 36.8 Å². The first-order valence-electron chi connectivity index (χ1n) is 8.49.